The number of H-pyrrole nitrogens is 1. The van der Waals surface area contributed by atoms with Gasteiger partial charge >= 0.3 is 5.76 Å². The molecule has 4 rings (SSSR count). The Bertz CT molecular complexity index is 1070. The summed E-state index contributed by atoms with van der Waals surface area (Å²) in [5.41, 5.74) is 3.37. The van der Waals surface area contributed by atoms with Crippen molar-refractivity contribution in [2.45, 2.75) is 51.9 Å². The second kappa shape index (κ2) is 8.42. The number of rotatable bonds is 5. The fourth-order valence-corrected chi connectivity index (χ4v) is 4.32. The molecule has 1 saturated heterocycles. The number of aromatic amines is 1. The Morgan fingerprint density at radius 2 is 1.87 bits per heavy atom. The topological polar surface area (TPSA) is 75.0 Å². The molecule has 2 atom stereocenters. The SMILES string of the molecule is Cc1c(-c2ccc(N3CCCCC3)nc2)ccc(F)c1[C@@H](C)[C@H](C)c1n[nH]c(=O)o1. The summed E-state index contributed by atoms with van der Waals surface area (Å²) in [4.78, 5) is 18.3. The Balaban J connectivity index is 1.64. The van der Waals surface area contributed by atoms with Crippen molar-refractivity contribution in [3.63, 3.8) is 0 Å². The first-order valence-electron chi connectivity index (χ1n) is 10.5. The van der Waals surface area contributed by atoms with Crippen LogP contribution in [-0.4, -0.2) is 28.3 Å². The van der Waals surface area contributed by atoms with Crippen LogP contribution in [0, 0.1) is 12.7 Å². The zero-order chi connectivity index (χ0) is 21.3. The van der Waals surface area contributed by atoms with E-state index in [-0.39, 0.29) is 23.5 Å². The molecule has 3 aromatic rings. The summed E-state index contributed by atoms with van der Waals surface area (Å²) >= 11 is 0. The molecule has 1 aliphatic heterocycles. The number of benzene rings is 1. The van der Waals surface area contributed by atoms with Crippen molar-refractivity contribution in [2.24, 2.45) is 0 Å². The first-order valence-corrected chi connectivity index (χ1v) is 10.5. The van der Waals surface area contributed by atoms with Crippen LogP contribution >= 0.6 is 0 Å². The van der Waals surface area contributed by atoms with Crippen LogP contribution in [0.4, 0.5) is 10.2 Å². The standard InChI is InChI=1S/C23H27FN4O2/c1-14(15(2)22-26-27-23(29)30-22)21-16(3)18(8-9-19(21)24)17-7-10-20(25-13-17)28-11-5-4-6-12-28/h7-10,13-15H,4-6,11-12H2,1-3H3,(H,27,29)/t14-,15-/m0/s1. The smallest absolute Gasteiger partial charge is 0.392 e. The fourth-order valence-electron chi connectivity index (χ4n) is 4.32. The summed E-state index contributed by atoms with van der Waals surface area (Å²) < 4.78 is 19.9. The van der Waals surface area contributed by atoms with E-state index in [0.29, 0.717) is 5.56 Å². The number of piperidine rings is 1. The molecule has 1 aromatic carbocycles. The van der Waals surface area contributed by atoms with Crippen molar-refractivity contribution >= 4 is 5.82 Å². The highest BCUT2D eigenvalue weighted by Crippen LogP contribution is 2.38. The lowest BCUT2D eigenvalue weighted by atomic mass is 9.83. The lowest BCUT2D eigenvalue weighted by Gasteiger charge is -2.27. The second-order valence-corrected chi connectivity index (χ2v) is 8.12. The lowest BCUT2D eigenvalue weighted by molar-refractivity contribution is 0.405. The normalized spacial score (nSPS) is 16.5. The summed E-state index contributed by atoms with van der Waals surface area (Å²) in [5.74, 6) is -0.0801. The monoisotopic (exact) mass is 410 g/mol. The van der Waals surface area contributed by atoms with Crippen LogP contribution in [0.25, 0.3) is 11.1 Å². The number of anilines is 1. The molecule has 1 aliphatic rings. The highest BCUT2D eigenvalue weighted by molar-refractivity contribution is 5.69. The molecule has 7 heteroatoms. The van der Waals surface area contributed by atoms with Gasteiger partial charge in [-0.1, -0.05) is 19.9 Å². The van der Waals surface area contributed by atoms with Gasteiger partial charge in [0, 0.05) is 30.8 Å². The Kier molecular flexibility index (Phi) is 5.70. The van der Waals surface area contributed by atoms with E-state index in [1.807, 2.05) is 33.0 Å². The van der Waals surface area contributed by atoms with E-state index in [2.05, 4.69) is 26.1 Å². The average molecular weight is 410 g/mol. The van der Waals surface area contributed by atoms with Gasteiger partial charge in [0.1, 0.15) is 11.6 Å². The van der Waals surface area contributed by atoms with Crippen molar-refractivity contribution in [1.82, 2.24) is 15.2 Å². The molecule has 2 aromatic heterocycles. The summed E-state index contributed by atoms with van der Waals surface area (Å²) in [6.45, 7) is 7.82. The number of nitrogens with one attached hydrogen (secondary N) is 1. The van der Waals surface area contributed by atoms with Crippen LogP contribution in [0.15, 0.2) is 39.7 Å². The van der Waals surface area contributed by atoms with E-state index in [4.69, 9.17) is 4.42 Å². The van der Waals surface area contributed by atoms with E-state index >= 15 is 0 Å². The maximum atomic E-state index is 14.8. The number of aromatic nitrogens is 3. The van der Waals surface area contributed by atoms with E-state index in [1.54, 1.807) is 6.07 Å². The Morgan fingerprint density at radius 1 is 1.10 bits per heavy atom. The van der Waals surface area contributed by atoms with E-state index in [0.717, 1.165) is 35.6 Å². The molecule has 0 radical (unpaired) electrons. The predicted molar refractivity (Wildman–Crippen MR) is 114 cm³/mol. The number of nitrogens with zero attached hydrogens (tertiary/aromatic N) is 3. The van der Waals surface area contributed by atoms with Crippen LogP contribution in [0.2, 0.25) is 0 Å². The zero-order valence-corrected chi connectivity index (χ0v) is 17.6. The Morgan fingerprint density at radius 3 is 2.50 bits per heavy atom. The molecule has 0 bridgehead atoms. The fraction of sp³-hybridized carbons (Fsp3) is 0.435. The molecule has 3 heterocycles. The van der Waals surface area contributed by atoms with Crippen molar-refractivity contribution < 1.29 is 8.81 Å². The summed E-state index contributed by atoms with van der Waals surface area (Å²) in [6.07, 6.45) is 5.56. The molecule has 158 valence electrons. The van der Waals surface area contributed by atoms with Gasteiger partial charge in [-0.25, -0.2) is 19.3 Å². The number of pyridine rings is 1. The van der Waals surface area contributed by atoms with Crippen LogP contribution in [0.3, 0.4) is 0 Å². The minimum Gasteiger partial charge on any atom is -0.392 e. The van der Waals surface area contributed by atoms with Gasteiger partial charge in [0.05, 0.1) is 0 Å². The van der Waals surface area contributed by atoms with Gasteiger partial charge in [0.2, 0.25) is 5.89 Å². The highest BCUT2D eigenvalue weighted by atomic mass is 19.1. The molecule has 30 heavy (non-hydrogen) atoms. The molecule has 0 saturated carbocycles. The number of halogens is 1. The average Bonchev–Trinajstić information content (AvgIpc) is 3.20. The van der Waals surface area contributed by atoms with Gasteiger partial charge in [0.15, 0.2) is 0 Å². The van der Waals surface area contributed by atoms with Gasteiger partial charge < -0.3 is 9.32 Å². The third kappa shape index (κ3) is 3.88. The molecule has 1 fully saturated rings. The molecule has 0 amide bonds. The molecular formula is C23H27FN4O2. The predicted octanol–water partition coefficient (Wildman–Crippen LogP) is 4.77. The summed E-state index contributed by atoms with van der Waals surface area (Å²) in [7, 11) is 0. The number of hydrogen-bond acceptors (Lipinski definition) is 5. The Labute approximate surface area is 175 Å². The molecule has 0 aliphatic carbocycles. The lowest BCUT2D eigenvalue weighted by Crippen LogP contribution is -2.29. The highest BCUT2D eigenvalue weighted by Gasteiger charge is 2.26. The van der Waals surface area contributed by atoms with Crippen LogP contribution in [0.5, 0.6) is 0 Å². The van der Waals surface area contributed by atoms with Gasteiger partial charge in [-0.3, -0.25) is 0 Å². The van der Waals surface area contributed by atoms with Crippen LogP contribution < -0.4 is 10.7 Å². The molecule has 6 nitrogen and oxygen atoms in total. The Hall–Kier alpha value is -2.96. The van der Waals surface area contributed by atoms with Crippen molar-refractivity contribution in [3.8, 4) is 11.1 Å². The maximum absolute atomic E-state index is 14.8. The maximum Gasteiger partial charge on any atom is 0.434 e. The summed E-state index contributed by atoms with van der Waals surface area (Å²) in [5, 5.41) is 6.19. The van der Waals surface area contributed by atoms with Gasteiger partial charge in [-0.15, -0.1) is 5.10 Å². The molecule has 0 unspecified atom stereocenters. The van der Waals surface area contributed by atoms with Crippen molar-refractivity contribution in [3.05, 3.63) is 63.8 Å². The largest absolute Gasteiger partial charge is 0.434 e. The first-order chi connectivity index (χ1) is 14.5. The quantitative estimate of drug-likeness (QED) is 0.656. The number of hydrogen-bond donors (Lipinski definition) is 1. The van der Waals surface area contributed by atoms with E-state index in [9.17, 15) is 9.18 Å². The molecule has 0 spiro atoms. The van der Waals surface area contributed by atoms with Crippen molar-refractivity contribution in [1.29, 1.82) is 0 Å². The van der Waals surface area contributed by atoms with E-state index in [1.165, 1.54) is 25.3 Å². The second-order valence-electron chi connectivity index (χ2n) is 8.12. The molecule has 1 N–H and O–H groups in total. The van der Waals surface area contributed by atoms with Gasteiger partial charge in [-0.05, 0) is 67.0 Å². The van der Waals surface area contributed by atoms with Gasteiger partial charge in [-0.2, -0.15) is 0 Å². The van der Waals surface area contributed by atoms with Crippen molar-refractivity contribution in [2.75, 3.05) is 18.0 Å². The summed E-state index contributed by atoms with van der Waals surface area (Å²) in [6, 6.07) is 7.41. The minimum absolute atomic E-state index is 0.225. The van der Waals surface area contributed by atoms with Crippen LogP contribution in [-0.2, 0) is 0 Å². The third-order valence-electron chi connectivity index (χ3n) is 6.25. The first kappa shape index (κ1) is 20.3. The van der Waals surface area contributed by atoms with Crippen LogP contribution in [0.1, 0.15) is 62.0 Å². The third-order valence-corrected chi connectivity index (χ3v) is 6.25. The molecular weight excluding hydrogens is 383 g/mol. The van der Waals surface area contributed by atoms with E-state index < -0.39 is 5.76 Å². The van der Waals surface area contributed by atoms with Gasteiger partial charge in [0.25, 0.3) is 0 Å². The minimum atomic E-state index is -0.602. The zero-order valence-electron chi connectivity index (χ0n) is 17.6.